The minimum atomic E-state index is -0.0419. The van der Waals surface area contributed by atoms with Gasteiger partial charge in [0, 0.05) is 18.2 Å². The van der Waals surface area contributed by atoms with Crippen LogP contribution in [0.5, 0.6) is 0 Å². The summed E-state index contributed by atoms with van der Waals surface area (Å²) < 4.78 is 1.19. The highest BCUT2D eigenvalue weighted by Gasteiger charge is 2.11. The van der Waals surface area contributed by atoms with Gasteiger partial charge in [-0.25, -0.2) is 4.42 Å². The molecule has 0 N–H and O–H groups in total. The summed E-state index contributed by atoms with van der Waals surface area (Å²) in [5.41, 5.74) is 0.732. The zero-order valence-corrected chi connectivity index (χ0v) is 9.00. The highest BCUT2D eigenvalue weighted by atomic mass is 35.5. The molecule has 0 aliphatic carbocycles. The van der Waals surface area contributed by atoms with Crippen molar-refractivity contribution in [2.24, 2.45) is 0 Å². The zero-order valence-electron chi connectivity index (χ0n) is 8.24. The summed E-state index contributed by atoms with van der Waals surface area (Å²) >= 11 is 5.88. The molecule has 0 bridgehead atoms. The number of rotatable bonds is 4. The summed E-state index contributed by atoms with van der Waals surface area (Å²) in [5, 5.41) is 0. The molecule has 0 spiro atoms. The largest absolute Gasteiger partial charge is 0.273 e. The highest BCUT2D eigenvalue weighted by Crippen LogP contribution is 2.17. The van der Waals surface area contributed by atoms with E-state index >= 15 is 0 Å². The Morgan fingerprint density at radius 1 is 1.36 bits per heavy atom. The lowest BCUT2D eigenvalue weighted by Gasteiger charge is -2.13. The fourth-order valence-electron chi connectivity index (χ4n) is 1.13. The van der Waals surface area contributed by atoms with E-state index in [-0.39, 0.29) is 5.91 Å². The molecule has 0 aromatic heterocycles. The van der Waals surface area contributed by atoms with Crippen molar-refractivity contribution in [2.45, 2.75) is 26.2 Å². The topological polar surface area (TPSA) is 20.3 Å². The fraction of sp³-hybridized carbons (Fsp3) is 0.364. The van der Waals surface area contributed by atoms with Crippen LogP contribution in [0.2, 0.25) is 0 Å². The van der Waals surface area contributed by atoms with Gasteiger partial charge in [0.25, 0.3) is 0 Å². The number of carbonyl (C=O) groups is 1. The first kappa shape index (κ1) is 11.1. The molecule has 0 saturated carbocycles. The first-order chi connectivity index (χ1) is 6.75. The Kier molecular flexibility index (Phi) is 4.47. The SMILES string of the molecule is CCCCC(=O)N(Cl)c1ccccc1. The van der Waals surface area contributed by atoms with Gasteiger partial charge in [0.15, 0.2) is 0 Å². The quantitative estimate of drug-likeness (QED) is 0.700. The molecule has 1 amide bonds. The van der Waals surface area contributed by atoms with Gasteiger partial charge in [-0.1, -0.05) is 31.5 Å². The molecule has 1 rings (SSSR count). The Bertz CT molecular complexity index is 287. The molecular weight excluding hydrogens is 198 g/mol. The Morgan fingerprint density at radius 3 is 2.57 bits per heavy atom. The number of benzene rings is 1. The van der Waals surface area contributed by atoms with Crippen LogP contribution in [0.3, 0.4) is 0 Å². The Morgan fingerprint density at radius 2 is 2.00 bits per heavy atom. The Balaban J connectivity index is 2.57. The van der Waals surface area contributed by atoms with E-state index in [0.29, 0.717) is 6.42 Å². The van der Waals surface area contributed by atoms with Crippen LogP contribution >= 0.6 is 11.8 Å². The smallest absolute Gasteiger partial charge is 0.241 e. The molecular formula is C11H14ClNO. The molecule has 1 aromatic rings. The van der Waals surface area contributed by atoms with Crippen molar-refractivity contribution in [2.75, 3.05) is 4.42 Å². The van der Waals surface area contributed by atoms with E-state index in [0.717, 1.165) is 18.5 Å². The normalized spacial score (nSPS) is 9.86. The molecule has 0 fully saturated rings. The third kappa shape index (κ3) is 3.04. The van der Waals surface area contributed by atoms with Gasteiger partial charge < -0.3 is 0 Å². The van der Waals surface area contributed by atoms with E-state index in [1.165, 1.54) is 4.42 Å². The van der Waals surface area contributed by atoms with E-state index in [9.17, 15) is 4.79 Å². The van der Waals surface area contributed by atoms with Crippen LogP contribution in [0.15, 0.2) is 30.3 Å². The molecule has 0 radical (unpaired) electrons. The molecule has 0 heterocycles. The first-order valence-corrected chi connectivity index (χ1v) is 5.13. The predicted molar refractivity (Wildman–Crippen MR) is 59.3 cm³/mol. The average Bonchev–Trinajstić information content (AvgIpc) is 2.26. The zero-order chi connectivity index (χ0) is 10.4. The lowest BCUT2D eigenvalue weighted by molar-refractivity contribution is -0.117. The van der Waals surface area contributed by atoms with Gasteiger partial charge in [0.1, 0.15) is 0 Å². The van der Waals surface area contributed by atoms with Crippen molar-refractivity contribution in [1.29, 1.82) is 0 Å². The van der Waals surface area contributed by atoms with E-state index in [4.69, 9.17) is 11.8 Å². The van der Waals surface area contributed by atoms with E-state index < -0.39 is 0 Å². The van der Waals surface area contributed by atoms with Crippen LogP contribution < -0.4 is 4.42 Å². The number of hydrogen-bond donors (Lipinski definition) is 0. The summed E-state index contributed by atoms with van der Waals surface area (Å²) in [6, 6.07) is 9.24. The molecule has 0 atom stereocenters. The molecule has 0 saturated heterocycles. The van der Waals surface area contributed by atoms with Crippen molar-refractivity contribution in [3.63, 3.8) is 0 Å². The highest BCUT2D eigenvalue weighted by molar-refractivity contribution is 6.36. The van der Waals surface area contributed by atoms with Crippen LogP contribution in [0.1, 0.15) is 26.2 Å². The van der Waals surface area contributed by atoms with Crippen LogP contribution in [0.4, 0.5) is 5.69 Å². The molecule has 76 valence electrons. The lowest BCUT2D eigenvalue weighted by atomic mass is 10.2. The van der Waals surface area contributed by atoms with E-state index in [2.05, 4.69) is 0 Å². The van der Waals surface area contributed by atoms with Crippen LogP contribution in [-0.2, 0) is 4.79 Å². The van der Waals surface area contributed by atoms with Crippen LogP contribution in [0, 0.1) is 0 Å². The summed E-state index contributed by atoms with van der Waals surface area (Å²) in [5.74, 6) is -0.0419. The second kappa shape index (κ2) is 5.66. The maximum Gasteiger partial charge on any atom is 0.241 e. The molecule has 0 aliphatic rings. The number of nitrogens with zero attached hydrogens (tertiary/aromatic N) is 1. The van der Waals surface area contributed by atoms with Crippen molar-refractivity contribution in [1.82, 2.24) is 0 Å². The van der Waals surface area contributed by atoms with Gasteiger partial charge in [-0.3, -0.25) is 4.79 Å². The summed E-state index contributed by atoms with van der Waals surface area (Å²) in [4.78, 5) is 11.5. The van der Waals surface area contributed by atoms with Gasteiger partial charge in [-0.2, -0.15) is 0 Å². The number of amides is 1. The van der Waals surface area contributed by atoms with Crippen molar-refractivity contribution >= 4 is 23.4 Å². The van der Waals surface area contributed by atoms with E-state index in [1.807, 2.05) is 37.3 Å². The van der Waals surface area contributed by atoms with Gasteiger partial charge >= 0.3 is 0 Å². The number of para-hydroxylation sites is 1. The van der Waals surface area contributed by atoms with Gasteiger partial charge in [0.05, 0.1) is 5.69 Å². The molecule has 1 aromatic carbocycles. The summed E-state index contributed by atoms with van der Waals surface area (Å²) in [6.45, 7) is 2.05. The van der Waals surface area contributed by atoms with Crippen molar-refractivity contribution in [3.05, 3.63) is 30.3 Å². The first-order valence-electron chi connectivity index (χ1n) is 4.79. The minimum absolute atomic E-state index is 0.0419. The standard InChI is InChI=1S/C11H14ClNO/c1-2-3-9-11(14)13(12)10-7-5-4-6-8-10/h4-8H,2-3,9H2,1H3. The summed E-state index contributed by atoms with van der Waals surface area (Å²) in [7, 11) is 0. The van der Waals surface area contributed by atoms with Crippen molar-refractivity contribution in [3.8, 4) is 0 Å². The summed E-state index contributed by atoms with van der Waals surface area (Å²) in [6.07, 6.45) is 2.40. The number of hydrogen-bond acceptors (Lipinski definition) is 1. The third-order valence-electron chi connectivity index (χ3n) is 1.95. The lowest BCUT2D eigenvalue weighted by Crippen LogP contribution is -2.19. The molecule has 0 unspecified atom stereocenters. The number of anilines is 1. The Hall–Kier alpha value is -1.02. The maximum atomic E-state index is 11.5. The average molecular weight is 212 g/mol. The molecule has 3 heteroatoms. The predicted octanol–water partition coefficient (Wildman–Crippen LogP) is 3.36. The van der Waals surface area contributed by atoms with Crippen LogP contribution in [-0.4, -0.2) is 5.91 Å². The minimum Gasteiger partial charge on any atom is -0.273 e. The van der Waals surface area contributed by atoms with Gasteiger partial charge in [0.2, 0.25) is 5.91 Å². The monoisotopic (exact) mass is 211 g/mol. The molecule has 0 aliphatic heterocycles. The molecule has 14 heavy (non-hydrogen) atoms. The van der Waals surface area contributed by atoms with Crippen LogP contribution in [0.25, 0.3) is 0 Å². The van der Waals surface area contributed by atoms with Gasteiger partial charge in [-0.15, -0.1) is 0 Å². The number of unbranched alkanes of at least 4 members (excludes halogenated alkanes) is 1. The second-order valence-corrected chi connectivity index (χ2v) is 3.45. The van der Waals surface area contributed by atoms with Crippen molar-refractivity contribution < 1.29 is 4.79 Å². The number of halogens is 1. The fourth-order valence-corrected chi connectivity index (χ4v) is 1.33. The van der Waals surface area contributed by atoms with Gasteiger partial charge in [-0.05, 0) is 18.6 Å². The maximum absolute atomic E-state index is 11.5. The third-order valence-corrected chi connectivity index (χ3v) is 2.33. The van der Waals surface area contributed by atoms with E-state index in [1.54, 1.807) is 0 Å². The Labute approximate surface area is 89.6 Å². The molecule has 2 nitrogen and oxygen atoms in total. The number of carbonyl (C=O) groups excluding carboxylic acids is 1. The second-order valence-electron chi connectivity index (χ2n) is 3.11.